The summed E-state index contributed by atoms with van der Waals surface area (Å²) >= 11 is 1.49. The highest BCUT2D eigenvalue weighted by Gasteiger charge is 2.38. The number of nitrogens with zero attached hydrogens (tertiary/aromatic N) is 1. The average molecular weight is 440 g/mol. The molecule has 0 spiro atoms. The van der Waals surface area contributed by atoms with Crippen molar-refractivity contribution in [2.75, 3.05) is 21.3 Å². The van der Waals surface area contributed by atoms with Crippen molar-refractivity contribution in [3.8, 4) is 11.5 Å². The number of benzene rings is 1. The van der Waals surface area contributed by atoms with Crippen molar-refractivity contribution >= 4 is 35.4 Å². The fourth-order valence-corrected chi connectivity index (χ4v) is 5.33. The Morgan fingerprint density at radius 3 is 2.65 bits per heavy atom. The molecular weight excluding hydrogens is 412 g/mol. The molecule has 2 amide bonds. The summed E-state index contributed by atoms with van der Waals surface area (Å²) in [4.78, 5) is 26.3. The Labute approximate surface area is 186 Å². The predicted molar refractivity (Wildman–Crippen MR) is 123 cm³/mol. The Morgan fingerprint density at radius 1 is 1.19 bits per heavy atom. The van der Waals surface area contributed by atoms with E-state index in [1.165, 1.54) is 24.6 Å². The monoisotopic (exact) mass is 439 g/mol. The van der Waals surface area contributed by atoms with E-state index >= 15 is 0 Å². The molecular formula is C24H27N2O4S+. The number of ether oxygens (including phenoxy) is 2. The minimum absolute atomic E-state index is 0.0166. The summed E-state index contributed by atoms with van der Waals surface area (Å²) in [7, 11) is 4.94. The van der Waals surface area contributed by atoms with Crippen LogP contribution in [0.1, 0.15) is 31.2 Å². The Kier molecular flexibility index (Phi) is 6.32. The van der Waals surface area contributed by atoms with Crippen LogP contribution in [0.2, 0.25) is 0 Å². The number of rotatable bonds is 5. The summed E-state index contributed by atoms with van der Waals surface area (Å²) in [6.07, 6.45) is 12.0. The molecule has 3 aliphatic rings. The van der Waals surface area contributed by atoms with Gasteiger partial charge in [-0.15, -0.1) is 0 Å². The molecule has 1 aliphatic heterocycles. The van der Waals surface area contributed by atoms with Gasteiger partial charge in [-0.05, 0) is 36.6 Å². The highest BCUT2D eigenvalue weighted by Crippen LogP contribution is 2.35. The molecule has 0 radical (unpaired) electrons. The molecule has 1 saturated carbocycles. The largest absolute Gasteiger partial charge is 0.493 e. The quantitative estimate of drug-likeness (QED) is 0.563. The number of nitrogens with one attached hydrogen (secondary N) is 1. The maximum absolute atomic E-state index is 13.0. The van der Waals surface area contributed by atoms with Crippen LogP contribution in [0.5, 0.6) is 11.5 Å². The van der Waals surface area contributed by atoms with Gasteiger partial charge in [0.25, 0.3) is 5.91 Å². The fourth-order valence-electron chi connectivity index (χ4n) is 4.11. The molecule has 1 N–H and O–H groups in total. The Morgan fingerprint density at radius 2 is 1.94 bits per heavy atom. The molecule has 1 heterocycles. The van der Waals surface area contributed by atoms with E-state index in [-0.39, 0.29) is 23.1 Å². The second kappa shape index (κ2) is 9.14. The zero-order valence-corrected chi connectivity index (χ0v) is 18.8. The maximum Gasteiger partial charge on any atom is 0.425 e. The van der Waals surface area contributed by atoms with Gasteiger partial charge in [-0.2, -0.15) is 4.58 Å². The average Bonchev–Trinajstić information content (AvgIpc) is 3.30. The lowest BCUT2D eigenvalue weighted by Gasteiger charge is -2.21. The predicted octanol–water partition coefficient (Wildman–Crippen LogP) is 3.33. The first-order valence-corrected chi connectivity index (χ1v) is 11.3. The van der Waals surface area contributed by atoms with Crippen LogP contribution >= 0.6 is 11.8 Å². The fraction of sp³-hybridized carbons (Fsp3) is 0.375. The first kappa shape index (κ1) is 21.4. The number of likely N-dealkylation sites (N-methyl/N-ethyl adjacent to an activating group) is 1. The van der Waals surface area contributed by atoms with Crippen LogP contribution < -0.4 is 14.8 Å². The van der Waals surface area contributed by atoms with Gasteiger partial charge in [0.1, 0.15) is 17.2 Å². The van der Waals surface area contributed by atoms with Gasteiger partial charge in [0, 0.05) is 17.7 Å². The molecule has 1 aromatic carbocycles. The van der Waals surface area contributed by atoms with Crippen LogP contribution in [-0.4, -0.2) is 54.7 Å². The van der Waals surface area contributed by atoms with Crippen LogP contribution in [0.15, 0.2) is 46.9 Å². The molecule has 2 aliphatic carbocycles. The van der Waals surface area contributed by atoms with Crippen molar-refractivity contribution in [2.24, 2.45) is 0 Å². The number of carbonyl (C=O) groups is 2. The smallest absolute Gasteiger partial charge is 0.425 e. The van der Waals surface area contributed by atoms with E-state index in [9.17, 15) is 9.59 Å². The number of carbonyl (C=O) groups excluding carboxylic acids is 2. The third kappa shape index (κ3) is 4.46. The number of fused-ring (bicyclic) bond motifs is 1. The molecule has 0 saturated heterocycles. The van der Waals surface area contributed by atoms with Crippen LogP contribution in [0, 0.1) is 0 Å². The molecule has 6 nitrogen and oxygen atoms in total. The second-order valence-electron chi connectivity index (χ2n) is 7.86. The first-order valence-electron chi connectivity index (χ1n) is 10.5. The molecule has 0 bridgehead atoms. The molecule has 1 atom stereocenters. The van der Waals surface area contributed by atoms with Gasteiger partial charge >= 0.3 is 5.91 Å². The normalized spacial score (nSPS) is 22.4. The van der Waals surface area contributed by atoms with E-state index in [1.54, 1.807) is 25.8 Å². The van der Waals surface area contributed by atoms with Crippen LogP contribution in [-0.2, 0) is 9.59 Å². The Bertz CT molecular complexity index is 1030. The number of hydrogen-bond acceptors (Lipinski definition) is 5. The molecule has 1 aromatic rings. The zero-order valence-electron chi connectivity index (χ0n) is 18.0. The van der Waals surface area contributed by atoms with Crippen molar-refractivity contribution < 1.29 is 23.6 Å². The summed E-state index contributed by atoms with van der Waals surface area (Å²) in [5.74, 6) is 1.10. The van der Waals surface area contributed by atoms with Gasteiger partial charge in [-0.1, -0.05) is 42.8 Å². The number of allylic oxidation sites excluding steroid dienone is 1. The van der Waals surface area contributed by atoms with Gasteiger partial charge < -0.3 is 14.8 Å². The van der Waals surface area contributed by atoms with E-state index in [0.29, 0.717) is 22.0 Å². The number of hydrogen-bond donors (Lipinski definition) is 1. The van der Waals surface area contributed by atoms with Crippen molar-refractivity contribution in [2.45, 2.75) is 37.0 Å². The Balaban J connectivity index is 1.57. The van der Waals surface area contributed by atoms with Gasteiger partial charge in [0.05, 0.1) is 14.2 Å². The van der Waals surface area contributed by atoms with E-state index < -0.39 is 0 Å². The summed E-state index contributed by atoms with van der Waals surface area (Å²) in [5, 5.41) is 3.10. The lowest BCUT2D eigenvalue weighted by atomic mass is 10.0. The molecule has 0 aromatic heterocycles. The highest BCUT2D eigenvalue weighted by molar-refractivity contribution is 8.05. The molecule has 7 heteroatoms. The standard InChI is InChI=1S/C24H26N2O4S/c1-26-18-14-16(23(27)25-17-6-4-5-7-17)9-11-21(18)31-22(24(26)28)13-15-8-10-19(29-2)20(12-15)30-3/h8-14,17,21H,4-7H2,1-3H3/p+1/b22-13-. The molecule has 31 heavy (non-hydrogen) atoms. The van der Waals surface area contributed by atoms with E-state index in [0.717, 1.165) is 24.1 Å². The third-order valence-corrected chi connectivity index (χ3v) is 7.06. The lowest BCUT2D eigenvalue weighted by Crippen LogP contribution is -2.38. The van der Waals surface area contributed by atoms with Crippen molar-refractivity contribution in [3.63, 3.8) is 0 Å². The molecule has 1 fully saturated rings. The first-order chi connectivity index (χ1) is 15.0. The van der Waals surface area contributed by atoms with Gasteiger partial charge in [-0.3, -0.25) is 4.79 Å². The van der Waals surface area contributed by atoms with Gasteiger partial charge in [-0.25, -0.2) is 4.79 Å². The lowest BCUT2D eigenvalue weighted by molar-refractivity contribution is -0.413. The SMILES string of the molecule is COc1ccc(/C=C2\SC3C=CC(C(=O)NC4CCCC4)=CC3=[N+](C)C2=O)cc1OC. The van der Waals surface area contributed by atoms with Crippen molar-refractivity contribution in [1.82, 2.24) is 5.32 Å². The molecule has 162 valence electrons. The summed E-state index contributed by atoms with van der Waals surface area (Å²) in [6, 6.07) is 5.83. The van der Waals surface area contributed by atoms with Crippen LogP contribution in [0.25, 0.3) is 6.08 Å². The van der Waals surface area contributed by atoms with Crippen molar-refractivity contribution in [1.29, 1.82) is 0 Å². The summed E-state index contributed by atoms with van der Waals surface area (Å²) < 4.78 is 12.3. The molecule has 1 unspecified atom stereocenters. The maximum atomic E-state index is 13.0. The van der Waals surface area contributed by atoms with Gasteiger partial charge in [0.15, 0.2) is 11.5 Å². The van der Waals surface area contributed by atoms with Crippen molar-refractivity contribution in [3.05, 3.63) is 52.5 Å². The Hall–Kier alpha value is -2.80. The van der Waals surface area contributed by atoms with Crippen LogP contribution in [0.4, 0.5) is 0 Å². The minimum Gasteiger partial charge on any atom is -0.493 e. The zero-order chi connectivity index (χ0) is 22.0. The summed E-state index contributed by atoms with van der Waals surface area (Å²) in [6.45, 7) is 0. The van der Waals surface area contributed by atoms with Crippen LogP contribution in [0.3, 0.4) is 0 Å². The molecule has 4 rings (SSSR count). The third-order valence-electron chi connectivity index (χ3n) is 5.86. The highest BCUT2D eigenvalue weighted by atomic mass is 32.2. The topological polar surface area (TPSA) is 67.6 Å². The summed E-state index contributed by atoms with van der Waals surface area (Å²) in [5.41, 5.74) is 2.29. The number of thioether (sulfide) groups is 1. The minimum atomic E-state index is -0.0897. The van der Waals surface area contributed by atoms with Gasteiger partial charge in [0.2, 0.25) is 5.71 Å². The second-order valence-corrected chi connectivity index (χ2v) is 9.05. The van der Waals surface area contributed by atoms with E-state index in [1.807, 2.05) is 42.5 Å². The van der Waals surface area contributed by atoms with E-state index in [2.05, 4.69) is 5.32 Å². The van der Waals surface area contributed by atoms with E-state index in [4.69, 9.17) is 9.47 Å². The number of methoxy groups -OCH3 is 2. The number of amides is 2.